The first kappa shape index (κ1) is 28.9. The average Bonchev–Trinajstić information content (AvgIpc) is 3.64. The topological polar surface area (TPSA) is 35.6 Å². The number of hydrogen-bond donors (Lipinski definition) is 0. The van der Waals surface area contributed by atoms with Crippen LogP contribution in [0.15, 0.2) is 110 Å². The molecule has 7 rings (SSSR count). The van der Waals surface area contributed by atoms with Crippen LogP contribution in [0.5, 0.6) is 0 Å². The number of aromatic nitrogens is 4. The molecule has 2 heterocycles. The average molecular weight is 595 g/mol. The molecule has 46 heavy (non-hydrogen) atoms. The lowest BCUT2D eigenvalue weighted by Crippen LogP contribution is -2.10. The first-order valence-electron chi connectivity index (χ1n) is 15.6. The zero-order valence-electron chi connectivity index (χ0n) is 26.6. The van der Waals surface area contributed by atoms with Crippen molar-refractivity contribution in [1.82, 2.24) is 19.1 Å². The first-order valence-corrected chi connectivity index (χ1v) is 15.6. The van der Waals surface area contributed by atoms with Crippen LogP contribution in [0.2, 0.25) is 0 Å². The second-order valence-electron chi connectivity index (χ2n) is 11.9. The fraction of sp³-hybridized carbons (Fsp3) is 0.143. The molecule has 222 valence electrons. The highest BCUT2D eigenvalue weighted by Gasteiger charge is 2.17. The molecule has 0 aliphatic rings. The number of aryl methyl sites for hydroxylation is 4. The van der Waals surface area contributed by atoms with Crippen LogP contribution < -0.4 is 0 Å². The predicted octanol–water partition coefficient (Wildman–Crippen LogP) is 8.52. The zero-order chi connectivity index (χ0) is 31.6. The van der Waals surface area contributed by atoms with Gasteiger partial charge in [-0.15, -0.1) is 0 Å². The second-order valence-corrected chi connectivity index (χ2v) is 11.9. The minimum atomic E-state index is 0.610. The Morgan fingerprint density at radius 3 is 1.28 bits per heavy atom. The molecule has 0 aliphatic carbocycles. The van der Waals surface area contributed by atoms with Crippen LogP contribution in [0.25, 0.3) is 22.1 Å². The van der Waals surface area contributed by atoms with Crippen molar-refractivity contribution in [3.05, 3.63) is 165 Å². The van der Waals surface area contributed by atoms with Crippen LogP contribution in [0.4, 0.5) is 0 Å². The molecule has 0 spiro atoms. The minimum Gasteiger partial charge on any atom is -0.326 e. The van der Waals surface area contributed by atoms with E-state index in [1.807, 2.05) is 73.3 Å². The normalized spacial score (nSPS) is 10.9. The molecule has 2 aromatic heterocycles. The first-order chi connectivity index (χ1) is 22.4. The Morgan fingerprint density at radius 1 is 0.478 bits per heavy atom. The number of nitrogens with zero attached hydrogens (tertiary/aromatic N) is 4. The molecule has 0 fully saturated rings. The molecule has 5 aromatic carbocycles. The van der Waals surface area contributed by atoms with Gasteiger partial charge in [0, 0.05) is 22.3 Å². The van der Waals surface area contributed by atoms with Crippen molar-refractivity contribution < 1.29 is 0 Å². The van der Waals surface area contributed by atoms with Crippen LogP contribution in [0, 0.1) is 51.4 Å². The summed E-state index contributed by atoms with van der Waals surface area (Å²) in [6.45, 7) is 9.80. The van der Waals surface area contributed by atoms with Gasteiger partial charge in [0.25, 0.3) is 0 Å². The van der Waals surface area contributed by atoms with E-state index >= 15 is 0 Å². The highest BCUT2D eigenvalue weighted by atomic mass is 15.1. The summed E-state index contributed by atoms with van der Waals surface area (Å²) in [7, 11) is 0. The van der Waals surface area contributed by atoms with E-state index in [1.54, 1.807) is 0 Å². The molecule has 0 bridgehead atoms. The lowest BCUT2D eigenvalue weighted by atomic mass is 9.94. The van der Waals surface area contributed by atoms with Crippen LogP contribution >= 0.6 is 0 Å². The van der Waals surface area contributed by atoms with E-state index in [4.69, 9.17) is 9.97 Å². The number of fused-ring (bicyclic) bond motifs is 2. The van der Waals surface area contributed by atoms with Gasteiger partial charge >= 0.3 is 0 Å². The third-order valence-electron chi connectivity index (χ3n) is 8.79. The standard InChI is InChI=1S/C42H34N4/c1-29-21-39-41(23-31(29)3)45(27-43-39)25-37-35(17-15-33-11-7-5-8-12-33)19-20-36(18-16-34-13-9-6-10-14-34)38(37)26-46-28-44-40-22-30(2)32(4)24-42(40)46/h5-14,19-24,27-28H,25-26H2,1-4H3. The van der Waals surface area contributed by atoms with Gasteiger partial charge in [-0.3, -0.25) is 0 Å². The van der Waals surface area contributed by atoms with E-state index < -0.39 is 0 Å². The van der Waals surface area contributed by atoms with E-state index in [9.17, 15) is 0 Å². The molecule has 0 N–H and O–H groups in total. The number of hydrogen-bond acceptors (Lipinski definition) is 2. The van der Waals surface area contributed by atoms with E-state index in [1.165, 1.54) is 22.3 Å². The van der Waals surface area contributed by atoms with E-state index in [0.717, 1.165) is 55.4 Å². The molecule has 0 saturated heterocycles. The Hall–Kier alpha value is -5.84. The van der Waals surface area contributed by atoms with Gasteiger partial charge in [-0.2, -0.15) is 0 Å². The molecular weight excluding hydrogens is 560 g/mol. The summed E-state index contributed by atoms with van der Waals surface area (Å²) in [5.41, 5.74) is 15.4. The van der Waals surface area contributed by atoms with Crippen molar-refractivity contribution in [2.75, 3.05) is 0 Å². The van der Waals surface area contributed by atoms with Crippen molar-refractivity contribution in [3.8, 4) is 23.7 Å². The van der Waals surface area contributed by atoms with E-state index in [-0.39, 0.29) is 0 Å². The van der Waals surface area contributed by atoms with Gasteiger partial charge in [-0.05, 0) is 122 Å². The fourth-order valence-electron chi connectivity index (χ4n) is 5.83. The van der Waals surface area contributed by atoms with E-state index in [0.29, 0.717) is 13.1 Å². The van der Waals surface area contributed by atoms with Gasteiger partial charge in [-0.1, -0.05) is 60.1 Å². The van der Waals surface area contributed by atoms with Crippen molar-refractivity contribution in [1.29, 1.82) is 0 Å². The third kappa shape index (κ3) is 5.82. The number of imidazole rings is 2. The summed E-state index contributed by atoms with van der Waals surface area (Å²) < 4.78 is 4.48. The maximum Gasteiger partial charge on any atom is 0.0961 e. The number of rotatable bonds is 4. The van der Waals surface area contributed by atoms with Crippen molar-refractivity contribution >= 4 is 22.1 Å². The molecule has 4 nitrogen and oxygen atoms in total. The van der Waals surface area contributed by atoms with Crippen LogP contribution in [-0.4, -0.2) is 19.1 Å². The quantitative estimate of drug-likeness (QED) is 0.192. The zero-order valence-corrected chi connectivity index (χ0v) is 26.6. The molecule has 0 radical (unpaired) electrons. The van der Waals surface area contributed by atoms with Gasteiger partial charge in [0.15, 0.2) is 0 Å². The molecule has 0 unspecified atom stereocenters. The van der Waals surface area contributed by atoms with Crippen LogP contribution in [-0.2, 0) is 13.1 Å². The maximum absolute atomic E-state index is 4.79. The lowest BCUT2D eigenvalue weighted by molar-refractivity contribution is 0.769. The Balaban J connectivity index is 1.45. The van der Waals surface area contributed by atoms with Crippen LogP contribution in [0.3, 0.4) is 0 Å². The summed E-state index contributed by atoms with van der Waals surface area (Å²) in [6.07, 6.45) is 3.89. The SMILES string of the molecule is Cc1cc2ncn(Cc3c(C#Cc4ccccc4)ccc(C#Cc4ccccc4)c3Cn3cnc4cc(C)c(C)cc43)c2cc1C. The Labute approximate surface area is 270 Å². The molecule has 0 atom stereocenters. The van der Waals surface area contributed by atoms with Gasteiger partial charge < -0.3 is 9.13 Å². The van der Waals surface area contributed by atoms with Gasteiger partial charge in [-0.25, -0.2) is 9.97 Å². The molecule has 0 aliphatic heterocycles. The Morgan fingerprint density at radius 2 is 0.870 bits per heavy atom. The third-order valence-corrected chi connectivity index (χ3v) is 8.79. The van der Waals surface area contributed by atoms with Gasteiger partial charge in [0.1, 0.15) is 0 Å². The van der Waals surface area contributed by atoms with Gasteiger partial charge in [0.2, 0.25) is 0 Å². The lowest BCUT2D eigenvalue weighted by Gasteiger charge is -2.17. The summed E-state index contributed by atoms with van der Waals surface area (Å²) >= 11 is 0. The summed E-state index contributed by atoms with van der Waals surface area (Å²) in [5.74, 6) is 13.9. The largest absolute Gasteiger partial charge is 0.326 e. The smallest absolute Gasteiger partial charge is 0.0961 e. The Bertz CT molecular complexity index is 2180. The molecular formula is C42H34N4. The van der Waals surface area contributed by atoms with Crippen molar-refractivity contribution in [3.63, 3.8) is 0 Å². The highest BCUT2D eigenvalue weighted by molar-refractivity contribution is 5.78. The molecule has 7 aromatic rings. The number of benzene rings is 5. The van der Waals surface area contributed by atoms with E-state index in [2.05, 4.69) is 96.9 Å². The maximum atomic E-state index is 4.79. The second kappa shape index (κ2) is 12.3. The molecule has 0 saturated carbocycles. The fourth-order valence-corrected chi connectivity index (χ4v) is 5.83. The van der Waals surface area contributed by atoms with Crippen LogP contribution in [0.1, 0.15) is 55.6 Å². The van der Waals surface area contributed by atoms with Crippen molar-refractivity contribution in [2.45, 2.75) is 40.8 Å². The summed E-state index contributed by atoms with van der Waals surface area (Å²) in [4.78, 5) is 9.57. The predicted molar refractivity (Wildman–Crippen MR) is 188 cm³/mol. The Kier molecular flexibility index (Phi) is 7.71. The molecule has 4 heteroatoms. The summed E-state index contributed by atoms with van der Waals surface area (Å²) in [6, 6.07) is 33.4. The minimum absolute atomic E-state index is 0.610. The highest BCUT2D eigenvalue weighted by Crippen LogP contribution is 2.27. The summed E-state index contributed by atoms with van der Waals surface area (Å²) in [5, 5.41) is 0. The molecule has 0 amide bonds. The monoisotopic (exact) mass is 594 g/mol. The van der Waals surface area contributed by atoms with Gasteiger partial charge in [0.05, 0.1) is 47.8 Å². The van der Waals surface area contributed by atoms with Crippen molar-refractivity contribution in [2.24, 2.45) is 0 Å².